The van der Waals surface area contributed by atoms with Crippen molar-refractivity contribution >= 4 is 0 Å². The molecule has 1 N–H and O–H groups in total. The third kappa shape index (κ3) is 2.72. The molecule has 0 aromatic carbocycles. The molecule has 0 radical (unpaired) electrons. The fourth-order valence-electron chi connectivity index (χ4n) is 2.69. The number of furan rings is 1. The molecule has 1 fully saturated rings. The molecular formula is C14H19N3O2. The average Bonchev–Trinajstić information content (AvgIpc) is 3.12. The maximum Gasteiger partial charge on any atom is 0.152 e. The Kier molecular flexibility index (Phi) is 3.66. The maximum atomic E-state index is 5.86. The van der Waals surface area contributed by atoms with Gasteiger partial charge in [0.15, 0.2) is 5.76 Å². The van der Waals surface area contributed by atoms with Crippen LogP contribution in [0.25, 0.3) is 11.5 Å². The highest BCUT2D eigenvalue weighted by atomic mass is 16.5. The quantitative estimate of drug-likeness (QED) is 0.897. The molecule has 3 heterocycles. The second-order valence-electron chi connectivity index (χ2n) is 4.96. The summed E-state index contributed by atoms with van der Waals surface area (Å²) < 4.78 is 11.1. The van der Waals surface area contributed by atoms with Crippen molar-refractivity contribution in [2.45, 2.75) is 25.4 Å². The van der Waals surface area contributed by atoms with Crippen molar-refractivity contribution < 1.29 is 9.15 Å². The van der Waals surface area contributed by atoms with Crippen molar-refractivity contribution in [2.24, 2.45) is 0 Å². The van der Waals surface area contributed by atoms with Gasteiger partial charge >= 0.3 is 0 Å². The van der Waals surface area contributed by atoms with Gasteiger partial charge in [0.25, 0.3) is 0 Å². The van der Waals surface area contributed by atoms with E-state index in [0.717, 1.165) is 36.9 Å². The summed E-state index contributed by atoms with van der Waals surface area (Å²) >= 11 is 0. The van der Waals surface area contributed by atoms with Gasteiger partial charge < -0.3 is 9.15 Å². The highest BCUT2D eigenvalue weighted by molar-refractivity contribution is 5.51. The number of aromatic nitrogens is 2. The Morgan fingerprint density at radius 3 is 3.21 bits per heavy atom. The molecule has 5 nitrogen and oxygen atoms in total. The predicted molar refractivity (Wildman–Crippen MR) is 71.6 cm³/mol. The van der Waals surface area contributed by atoms with E-state index in [2.05, 4.69) is 15.1 Å². The lowest BCUT2D eigenvalue weighted by Gasteiger charge is -2.22. The van der Waals surface area contributed by atoms with E-state index in [1.165, 1.54) is 12.8 Å². The van der Waals surface area contributed by atoms with Crippen molar-refractivity contribution in [3.8, 4) is 11.5 Å². The molecule has 0 aliphatic carbocycles. The van der Waals surface area contributed by atoms with Gasteiger partial charge in [0.2, 0.25) is 0 Å². The fraction of sp³-hybridized carbons (Fsp3) is 0.500. The molecule has 19 heavy (non-hydrogen) atoms. The fourth-order valence-corrected chi connectivity index (χ4v) is 2.69. The minimum Gasteiger partial charge on any atom is -0.458 e. The van der Waals surface area contributed by atoms with Crippen LogP contribution in [-0.2, 0) is 11.3 Å². The topological polar surface area (TPSA) is 54.3 Å². The van der Waals surface area contributed by atoms with Crippen molar-refractivity contribution in [3.05, 3.63) is 30.2 Å². The molecule has 0 saturated carbocycles. The Balaban J connectivity index is 1.67. The maximum absolute atomic E-state index is 5.86. The van der Waals surface area contributed by atoms with Crippen LogP contribution >= 0.6 is 0 Å². The van der Waals surface area contributed by atoms with E-state index in [-0.39, 0.29) is 0 Å². The lowest BCUT2D eigenvalue weighted by Crippen LogP contribution is -2.32. The van der Waals surface area contributed by atoms with Crippen LogP contribution in [0.3, 0.4) is 0 Å². The first-order valence-electron chi connectivity index (χ1n) is 6.68. The van der Waals surface area contributed by atoms with Crippen LogP contribution in [0, 0.1) is 0 Å². The lowest BCUT2D eigenvalue weighted by molar-refractivity contribution is 0.108. The number of ether oxygens (including phenoxy) is 1. The number of likely N-dealkylation sites (tertiary alicyclic amines) is 1. The van der Waals surface area contributed by atoms with E-state index < -0.39 is 0 Å². The number of methoxy groups -OCH3 is 1. The van der Waals surface area contributed by atoms with Gasteiger partial charge in [-0.3, -0.25) is 10.00 Å². The number of nitrogens with zero attached hydrogens (tertiary/aromatic N) is 2. The van der Waals surface area contributed by atoms with Gasteiger partial charge in [-0.15, -0.1) is 0 Å². The number of hydrogen-bond acceptors (Lipinski definition) is 4. The summed E-state index contributed by atoms with van der Waals surface area (Å²) in [5, 5.41) is 6.85. The van der Waals surface area contributed by atoms with Crippen molar-refractivity contribution in [1.29, 1.82) is 0 Å². The van der Waals surface area contributed by atoms with Crippen LogP contribution in [0.2, 0.25) is 0 Å². The Morgan fingerprint density at radius 2 is 2.42 bits per heavy atom. The average molecular weight is 261 g/mol. The summed E-state index contributed by atoms with van der Waals surface area (Å²) in [6, 6.07) is 6.46. The zero-order valence-corrected chi connectivity index (χ0v) is 11.1. The van der Waals surface area contributed by atoms with E-state index in [1.54, 1.807) is 13.3 Å². The molecule has 1 aliphatic heterocycles. The highest BCUT2D eigenvalue weighted by Crippen LogP contribution is 2.24. The first-order valence-corrected chi connectivity index (χ1v) is 6.68. The molecule has 0 bridgehead atoms. The van der Waals surface area contributed by atoms with Crippen LogP contribution in [-0.4, -0.2) is 41.4 Å². The van der Waals surface area contributed by atoms with Crippen molar-refractivity contribution in [2.75, 3.05) is 20.3 Å². The SMILES string of the molecule is COC[C@@H]1CCCN1Cc1ccc(-c2ccn[nH]2)o1. The van der Waals surface area contributed by atoms with Gasteiger partial charge in [0, 0.05) is 19.3 Å². The lowest BCUT2D eigenvalue weighted by atomic mass is 10.2. The molecule has 2 aromatic rings. The minimum absolute atomic E-state index is 0.519. The number of nitrogens with one attached hydrogen (secondary N) is 1. The predicted octanol–water partition coefficient (Wildman–Crippen LogP) is 2.28. The largest absolute Gasteiger partial charge is 0.458 e. The number of aromatic amines is 1. The molecule has 0 amide bonds. The Bertz CT molecular complexity index is 507. The normalized spacial score (nSPS) is 20.2. The van der Waals surface area contributed by atoms with E-state index in [1.807, 2.05) is 18.2 Å². The van der Waals surface area contributed by atoms with E-state index >= 15 is 0 Å². The Morgan fingerprint density at radius 1 is 1.47 bits per heavy atom. The Hall–Kier alpha value is -1.59. The van der Waals surface area contributed by atoms with Crippen LogP contribution in [0.15, 0.2) is 28.8 Å². The van der Waals surface area contributed by atoms with Crippen molar-refractivity contribution in [1.82, 2.24) is 15.1 Å². The second kappa shape index (κ2) is 5.59. The molecule has 0 unspecified atom stereocenters. The standard InChI is InChI=1S/C14H19N3O2/c1-18-10-11-3-2-8-17(11)9-12-4-5-14(19-12)13-6-7-15-16-13/h4-7,11H,2-3,8-10H2,1H3,(H,15,16)/t11-/m0/s1. The van der Waals surface area contributed by atoms with Gasteiger partial charge in [-0.25, -0.2) is 0 Å². The smallest absolute Gasteiger partial charge is 0.152 e. The summed E-state index contributed by atoms with van der Waals surface area (Å²) in [4.78, 5) is 2.43. The van der Waals surface area contributed by atoms with Crippen LogP contribution in [0.1, 0.15) is 18.6 Å². The zero-order valence-electron chi connectivity index (χ0n) is 11.1. The summed E-state index contributed by atoms with van der Waals surface area (Å²) in [5.41, 5.74) is 0.918. The van der Waals surface area contributed by atoms with Crippen LogP contribution in [0.5, 0.6) is 0 Å². The number of hydrogen-bond donors (Lipinski definition) is 1. The molecule has 1 aliphatic rings. The highest BCUT2D eigenvalue weighted by Gasteiger charge is 2.25. The number of rotatable bonds is 5. The monoisotopic (exact) mass is 261 g/mol. The first-order chi connectivity index (χ1) is 9.36. The molecule has 5 heteroatoms. The molecular weight excluding hydrogens is 242 g/mol. The summed E-state index contributed by atoms with van der Waals surface area (Å²) in [7, 11) is 1.76. The first kappa shape index (κ1) is 12.4. The van der Waals surface area contributed by atoms with E-state index in [0.29, 0.717) is 6.04 Å². The minimum atomic E-state index is 0.519. The summed E-state index contributed by atoms with van der Waals surface area (Å²) in [6.07, 6.45) is 4.18. The van der Waals surface area contributed by atoms with Gasteiger partial charge in [-0.05, 0) is 37.6 Å². The zero-order chi connectivity index (χ0) is 13.1. The van der Waals surface area contributed by atoms with Gasteiger partial charge in [-0.2, -0.15) is 5.10 Å². The van der Waals surface area contributed by atoms with Gasteiger partial charge in [0.1, 0.15) is 11.5 Å². The molecule has 102 valence electrons. The third-order valence-electron chi connectivity index (χ3n) is 3.64. The number of H-pyrrole nitrogens is 1. The molecule has 0 spiro atoms. The third-order valence-corrected chi connectivity index (χ3v) is 3.64. The van der Waals surface area contributed by atoms with Crippen LogP contribution < -0.4 is 0 Å². The second-order valence-corrected chi connectivity index (χ2v) is 4.96. The summed E-state index contributed by atoms with van der Waals surface area (Å²) in [6.45, 7) is 2.77. The van der Waals surface area contributed by atoms with Gasteiger partial charge in [-0.1, -0.05) is 0 Å². The molecule has 2 aromatic heterocycles. The van der Waals surface area contributed by atoms with E-state index in [4.69, 9.17) is 9.15 Å². The van der Waals surface area contributed by atoms with Gasteiger partial charge in [0.05, 0.1) is 13.2 Å². The van der Waals surface area contributed by atoms with E-state index in [9.17, 15) is 0 Å². The Labute approximate surface area is 112 Å². The summed E-state index contributed by atoms with van der Waals surface area (Å²) in [5.74, 6) is 1.84. The van der Waals surface area contributed by atoms with Crippen molar-refractivity contribution in [3.63, 3.8) is 0 Å². The molecule has 1 atom stereocenters. The molecule has 3 rings (SSSR count). The van der Waals surface area contributed by atoms with Crippen LogP contribution in [0.4, 0.5) is 0 Å². The molecule has 1 saturated heterocycles.